The van der Waals surface area contributed by atoms with Gasteiger partial charge in [0, 0.05) is 11.3 Å². The molecule has 0 saturated carbocycles. The summed E-state index contributed by atoms with van der Waals surface area (Å²) < 4.78 is 0. The van der Waals surface area contributed by atoms with Gasteiger partial charge in [0.25, 0.3) is 0 Å². The summed E-state index contributed by atoms with van der Waals surface area (Å²) in [6.07, 6.45) is 2.75. The Morgan fingerprint density at radius 2 is 1.43 bits per heavy atom. The minimum absolute atomic E-state index is 0.521. The summed E-state index contributed by atoms with van der Waals surface area (Å²) in [6, 6.07) is 0.667. The molecule has 1 saturated heterocycles. The average Bonchev–Trinajstić information content (AvgIpc) is 2.56. The van der Waals surface area contributed by atoms with Crippen molar-refractivity contribution in [2.24, 2.45) is 11.8 Å². The summed E-state index contributed by atoms with van der Waals surface area (Å²) in [5.74, 6) is 1.39. The molecule has 0 aromatic heterocycles. The number of rotatable bonds is 4. The standard InChI is InChI=1S/C12H25NS/c1-9(2)11(12(14)10(3)4)13-7-5-6-8-13/h9-12,14H,5-8H2,1-4H3/t11-,12-/m0/s1. The van der Waals surface area contributed by atoms with Gasteiger partial charge in [-0.25, -0.2) is 0 Å². The second-order valence-electron chi connectivity index (χ2n) is 5.21. The van der Waals surface area contributed by atoms with Gasteiger partial charge in [-0.05, 0) is 37.8 Å². The second kappa shape index (κ2) is 5.41. The molecular formula is C12H25NS. The third-order valence-corrected chi connectivity index (χ3v) is 4.18. The number of thiol groups is 1. The van der Waals surface area contributed by atoms with E-state index in [1.54, 1.807) is 0 Å². The molecule has 0 spiro atoms. The summed E-state index contributed by atoms with van der Waals surface area (Å²) in [7, 11) is 0. The van der Waals surface area contributed by atoms with Crippen molar-refractivity contribution in [2.75, 3.05) is 13.1 Å². The van der Waals surface area contributed by atoms with Crippen molar-refractivity contribution in [3.05, 3.63) is 0 Å². The fourth-order valence-corrected chi connectivity index (χ4v) is 3.00. The van der Waals surface area contributed by atoms with E-state index in [2.05, 4.69) is 32.6 Å². The molecule has 2 heteroatoms. The highest BCUT2D eigenvalue weighted by Gasteiger charge is 2.31. The first-order valence-corrected chi connectivity index (χ1v) is 6.47. The van der Waals surface area contributed by atoms with Crippen molar-refractivity contribution < 1.29 is 0 Å². The van der Waals surface area contributed by atoms with E-state index in [0.29, 0.717) is 17.2 Å². The minimum Gasteiger partial charge on any atom is -0.299 e. The topological polar surface area (TPSA) is 3.24 Å². The lowest BCUT2D eigenvalue weighted by Crippen LogP contribution is -2.45. The second-order valence-corrected chi connectivity index (χ2v) is 5.81. The third kappa shape index (κ3) is 2.90. The van der Waals surface area contributed by atoms with Gasteiger partial charge < -0.3 is 0 Å². The highest BCUT2D eigenvalue weighted by atomic mass is 32.1. The summed E-state index contributed by atoms with van der Waals surface area (Å²) >= 11 is 4.79. The molecule has 1 rings (SSSR count). The Morgan fingerprint density at radius 1 is 0.929 bits per heavy atom. The van der Waals surface area contributed by atoms with Crippen molar-refractivity contribution in [1.82, 2.24) is 4.90 Å². The van der Waals surface area contributed by atoms with Crippen LogP contribution in [0.3, 0.4) is 0 Å². The monoisotopic (exact) mass is 215 g/mol. The van der Waals surface area contributed by atoms with Gasteiger partial charge in [0.1, 0.15) is 0 Å². The van der Waals surface area contributed by atoms with Crippen LogP contribution in [0.15, 0.2) is 0 Å². The van der Waals surface area contributed by atoms with Crippen molar-refractivity contribution in [1.29, 1.82) is 0 Å². The fourth-order valence-electron chi connectivity index (χ4n) is 2.47. The number of hydrogen-bond acceptors (Lipinski definition) is 2. The Balaban J connectivity index is 2.62. The first-order chi connectivity index (χ1) is 6.54. The van der Waals surface area contributed by atoms with Gasteiger partial charge in [-0.3, -0.25) is 4.90 Å². The largest absolute Gasteiger partial charge is 0.299 e. The van der Waals surface area contributed by atoms with Gasteiger partial charge in [-0.15, -0.1) is 0 Å². The van der Waals surface area contributed by atoms with Crippen LogP contribution in [0.4, 0.5) is 0 Å². The maximum atomic E-state index is 4.79. The Hall–Kier alpha value is 0.310. The zero-order valence-corrected chi connectivity index (χ0v) is 10.9. The van der Waals surface area contributed by atoms with E-state index in [4.69, 9.17) is 12.6 Å². The van der Waals surface area contributed by atoms with Gasteiger partial charge in [-0.2, -0.15) is 12.6 Å². The molecule has 1 heterocycles. The van der Waals surface area contributed by atoms with E-state index in [-0.39, 0.29) is 0 Å². The van der Waals surface area contributed by atoms with E-state index in [1.165, 1.54) is 25.9 Å². The van der Waals surface area contributed by atoms with Crippen molar-refractivity contribution in [3.8, 4) is 0 Å². The quantitative estimate of drug-likeness (QED) is 0.705. The molecule has 0 aromatic carbocycles. The molecule has 2 atom stereocenters. The van der Waals surface area contributed by atoms with E-state index in [1.807, 2.05) is 0 Å². The van der Waals surface area contributed by atoms with Crippen molar-refractivity contribution in [2.45, 2.75) is 51.8 Å². The lowest BCUT2D eigenvalue weighted by atomic mass is 9.92. The summed E-state index contributed by atoms with van der Waals surface area (Å²) in [4.78, 5) is 2.64. The predicted molar refractivity (Wildman–Crippen MR) is 67.0 cm³/mol. The van der Waals surface area contributed by atoms with Crippen LogP contribution in [0.25, 0.3) is 0 Å². The van der Waals surface area contributed by atoms with Crippen LogP contribution in [0, 0.1) is 11.8 Å². The summed E-state index contributed by atoms with van der Waals surface area (Å²) in [6.45, 7) is 11.8. The van der Waals surface area contributed by atoms with Gasteiger partial charge in [-0.1, -0.05) is 27.7 Å². The Kier molecular flexibility index (Phi) is 4.78. The van der Waals surface area contributed by atoms with Gasteiger partial charge in [0.2, 0.25) is 0 Å². The summed E-state index contributed by atoms with van der Waals surface area (Å²) in [5.41, 5.74) is 0. The molecule has 0 unspecified atom stereocenters. The van der Waals surface area contributed by atoms with Gasteiger partial charge >= 0.3 is 0 Å². The lowest BCUT2D eigenvalue weighted by Gasteiger charge is -2.37. The average molecular weight is 215 g/mol. The molecule has 1 fully saturated rings. The number of hydrogen-bond donors (Lipinski definition) is 1. The normalized spacial score (nSPS) is 23.4. The molecule has 0 aliphatic carbocycles. The van der Waals surface area contributed by atoms with Crippen LogP contribution in [-0.4, -0.2) is 29.3 Å². The van der Waals surface area contributed by atoms with Crippen LogP contribution >= 0.6 is 12.6 Å². The molecule has 0 radical (unpaired) electrons. The maximum absolute atomic E-state index is 4.79. The van der Waals surface area contributed by atoms with E-state index in [0.717, 1.165) is 5.92 Å². The number of likely N-dealkylation sites (tertiary alicyclic amines) is 1. The Labute approximate surface area is 94.7 Å². The van der Waals surface area contributed by atoms with Gasteiger partial charge in [0.05, 0.1) is 0 Å². The van der Waals surface area contributed by atoms with Crippen LogP contribution in [0.5, 0.6) is 0 Å². The molecular weight excluding hydrogens is 190 g/mol. The molecule has 0 aromatic rings. The van der Waals surface area contributed by atoms with Crippen LogP contribution in [0.2, 0.25) is 0 Å². The highest BCUT2D eigenvalue weighted by Crippen LogP contribution is 2.27. The molecule has 1 aliphatic heterocycles. The molecule has 14 heavy (non-hydrogen) atoms. The van der Waals surface area contributed by atoms with E-state index in [9.17, 15) is 0 Å². The van der Waals surface area contributed by atoms with Crippen molar-refractivity contribution in [3.63, 3.8) is 0 Å². The lowest BCUT2D eigenvalue weighted by molar-refractivity contribution is 0.172. The molecule has 0 amide bonds. The molecule has 1 aliphatic rings. The third-order valence-electron chi connectivity index (χ3n) is 3.28. The predicted octanol–water partition coefficient (Wildman–Crippen LogP) is 3.06. The molecule has 0 N–H and O–H groups in total. The highest BCUT2D eigenvalue weighted by molar-refractivity contribution is 7.81. The minimum atomic E-state index is 0.521. The molecule has 1 nitrogen and oxygen atoms in total. The smallest absolute Gasteiger partial charge is 0.0237 e. The summed E-state index contributed by atoms with van der Waals surface area (Å²) in [5, 5.41) is 0.521. The zero-order valence-electron chi connectivity index (χ0n) is 10.0. The van der Waals surface area contributed by atoms with E-state index >= 15 is 0 Å². The Bertz CT molecular complexity index is 160. The fraction of sp³-hybridized carbons (Fsp3) is 1.00. The van der Waals surface area contributed by atoms with Gasteiger partial charge in [0.15, 0.2) is 0 Å². The zero-order chi connectivity index (χ0) is 10.7. The molecule has 0 bridgehead atoms. The SMILES string of the molecule is CC(C)[C@H](S)[C@H](C(C)C)N1CCCC1. The van der Waals surface area contributed by atoms with Crippen LogP contribution in [-0.2, 0) is 0 Å². The first kappa shape index (κ1) is 12.4. The first-order valence-electron chi connectivity index (χ1n) is 5.96. The van der Waals surface area contributed by atoms with Crippen molar-refractivity contribution >= 4 is 12.6 Å². The van der Waals surface area contributed by atoms with E-state index < -0.39 is 0 Å². The van der Waals surface area contributed by atoms with Crippen LogP contribution < -0.4 is 0 Å². The maximum Gasteiger partial charge on any atom is 0.0237 e. The molecule has 84 valence electrons. The number of nitrogens with zero attached hydrogens (tertiary/aromatic N) is 1. The Morgan fingerprint density at radius 3 is 1.79 bits per heavy atom. The van der Waals surface area contributed by atoms with Crippen LogP contribution in [0.1, 0.15) is 40.5 Å².